The molecule has 0 spiro atoms. The summed E-state index contributed by atoms with van der Waals surface area (Å²) >= 11 is 0. The highest BCUT2D eigenvalue weighted by molar-refractivity contribution is 5.87. The number of nitrogens with zero attached hydrogens (tertiary/aromatic N) is 6. The predicted octanol–water partition coefficient (Wildman–Crippen LogP) is 5.20. The molecule has 0 aliphatic heterocycles. The van der Waals surface area contributed by atoms with Crippen LogP contribution >= 0.6 is 0 Å². The van der Waals surface area contributed by atoms with E-state index in [-0.39, 0.29) is 38.7 Å². The Morgan fingerprint density at radius 2 is 1.59 bits per heavy atom. The molecule has 1 aromatic heterocycles. The maximum absolute atomic E-state index is 11.2. The van der Waals surface area contributed by atoms with Gasteiger partial charge in [-0.2, -0.15) is 0 Å². The summed E-state index contributed by atoms with van der Waals surface area (Å²) in [5.41, 5.74) is 10.3. The SMILES string of the molecule is C.C#Cc1ccccc1O.C=C(C)C(=O)OCCN=[N+]=[N-].C=C(C)C(=O)OCCn1cc(-c2ccccc2O)nn1. The molecule has 0 fully saturated rings. The molecule has 0 unspecified atom stereocenters. The van der Waals surface area contributed by atoms with E-state index in [4.69, 9.17) is 21.8 Å². The van der Waals surface area contributed by atoms with Gasteiger partial charge in [0.2, 0.25) is 0 Å². The first-order chi connectivity index (χ1) is 19.1. The standard InChI is InChI=1S/C14H15N3O3.C8H6O.C6H9N3O2.CH4/c1-10(2)14(19)20-8-7-17-9-12(15-16-17)11-5-3-4-6-13(11)18;1-2-7-5-3-4-6-8(7)9;1-5(2)6(10)11-4-3-8-9-7;/h3-6,9,18H,1,7-8H2,2H3;1,3-6,9H;1,3-4H2,2H3;1H4. The normalized spacial score (nSPS) is 9.00. The number of para-hydroxylation sites is 2. The molecule has 0 amide bonds. The van der Waals surface area contributed by atoms with Crippen LogP contribution in [0.1, 0.15) is 26.8 Å². The minimum atomic E-state index is -0.460. The zero-order valence-corrected chi connectivity index (χ0v) is 22.2. The van der Waals surface area contributed by atoms with E-state index in [2.05, 4.69) is 44.2 Å². The first kappa shape index (κ1) is 35.5. The smallest absolute Gasteiger partial charge is 0.333 e. The van der Waals surface area contributed by atoms with Crippen LogP contribution in [0.2, 0.25) is 0 Å². The quantitative estimate of drug-likeness (QED) is 0.0681. The molecule has 2 aromatic carbocycles. The summed E-state index contributed by atoms with van der Waals surface area (Å²) in [7, 11) is 0. The predicted molar refractivity (Wildman–Crippen MR) is 155 cm³/mol. The van der Waals surface area contributed by atoms with Gasteiger partial charge in [-0.25, -0.2) is 14.3 Å². The Kier molecular flexibility index (Phi) is 16.9. The average Bonchev–Trinajstić information content (AvgIpc) is 3.40. The highest BCUT2D eigenvalue weighted by Gasteiger charge is 2.09. The van der Waals surface area contributed by atoms with Crippen molar-refractivity contribution in [3.8, 4) is 35.1 Å². The molecule has 12 nitrogen and oxygen atoms in total. The summed E-state index contributed by atoms with van der Waals surface area (Å²) in [6, 6.07) is 13.7. The second-order valence-corrected chi connectivity index (χ2v) is 7.83. The van der Waals surface area contributed by atoms with Crippen LogP contribution in [0.4, 0.5) is 0 Å². The van der Waals surface area contributed by atoms with E-state index in [0.717, 1.165) is 0 Å². The Labute approximate surface area is 239 Å². The molecule has 0 saturated heterocycles. The topological polar surface area (TPSA) is 173 Å². The number of carbonyl (C=O) groups excluding carboxylic acids is 2. The lowest BCUT2D eigenvalue weighted by Crippen LogP contribution is -2.11. The van der Waals surface area contributed by atoms with E-state index in [1.54, 1.807) is 67.2 Å². The van der Waals surface area contributed by atoms with Crippen LogP contribution in [-0.4, -0.2) is 56.9 Å². The Morgan fingerprint density at radius 1 is 1.02 bits per heavy atom. The van der Waals surface area contributed by atoms with Crippen LogP contribution in [-0.2, 0) is 25.6 Å². The number of phenolic OH excluding ortho intramolecular Hbond substituents is 2. The molecule has 3 aromatic rings. The van der Waals surface area contributed by atoms with Crippen LogP contribution in [0, 0.1) is 12.3 Å². The average molecular weight is 563 g/mol. The van der Waals surface area contributed by atoms with E-state index < -0.39 is 11.9 Å². The van der Waals surface area contributed by atoms with Gasteiger partial charge in [0.15, 0.2) is 0 Å². The Bertz CT molecular complexity index is 1400. The summed E-state index contributed by atoms with van der Waals surface area (Å²) in [6.07, 6.45) is 6.72. The Hall–Kier alpha value is -5.53. The molecule has 216 valence electrons. The van der Waals surface area contributed by atoms with Crippen LogP contribution in [0.5, 0.6) is 11.5 Å². The molecular weight excluding hydrogens is 528 g/mol. The van der Waals surface area contributed by atoms with Gasteiger partial charge in [0.1, 0.15) is 23.8 Å². The maximum atomic E-state index is 11.2. The lowest BCUT2D eigenvalue weighted by atomic mass is 10.1. The van der Waals surface area contributed by atoms with E-state index in [1.165, 1.54) is 0 Å². The van der Waals surface area contributed by atoms with Gasteiger partial charge >= 0.3 is 11.9 Å². The van der Waals surface area contributed by atoms with E-state index in [0.29, 0.717) is 34.5 Å². The minimum Gasteiger partial charge on any atom is -0.507 e. The number of rotatable bonds is 9. The molecule has 3 rings (SSSR count). The van der Waals surface area contributed by atoms with Gasteiger partial charge in [0, 0.05) is 21.6 Å². The molecule has 0 aliphatic rings. The fourth-order valence-corrected chi connectivity index (χ4v) is 2.52. The van der Waals surface area contributed by atoms with Crippen LogP contribution in [0.15, 0.2) is 84.1 Å². The number of azide groups is 1. The molecular formula is C29H34N6O6. The fraction of sp³-hybridized carbons (Fsp3) is 0.241. The van der Waals surface area contributed by atoms with E-state index in [9.17, 15) is 14.7 Å². The van der Waals surface area contributed by atoms with Gasteiger partial charge in [-0.15, -0.1) is 11.5 Å². The monoisotopic (exact) mass is 562 g/mol. The molecule has 0 atom stereocenters. The first-order valence-corrected chi connectivity index (χ1v) is 11.7. The highest BCUT2D eigenvalue weighted by Crippen LogP contribution is 2.26. The summed E-state index contributed by atoms with van der Waals surface area (Å²) in [4.78, 5) is 24.3. The molecule has 12 heteroatoms. The second kappa shape index (κ2) is 19.5. The van der Waals surface area contributed by atoms with Crippen molar-refractivity contribution in [1.29, 1.82) is 0 Å². The third-order valence-corrected chi connectivity index (χ3v) is 4.52. The van der Waals surface area contributed by atoms with Crippen molar-refractivity contribution >= 4 is 11.9 Å². The largest absolute Gasteiger partial charge is 0.507 e. The number of ether oxygens (including phenoxy) is 2. The van der Waals surface area contributed by atoms with Gasteiger partial charge in [-0.05, 0) is 43.6 Å². The minimum absolute atomic E-state index is 0. The number of hydrogen-bond acceptors (Lipinski definition) is 9. The number of phenols is 2. The van der Waals surface area contributed by atoms with Gasteiger partial charge < -0.3 is 19.7 Å². The lowest BCUT2D eigenvalue weighted by Gasteiger charge is -2.03. The molecule has 0 aliphatic carbocycles. The molecule has 2 N–H and O–H groups in total. The summed E-state index contributed by atoms with van der Waals surface area (Å²) in [5.74, 6) is 1.77. The number of aromatic hydroxyl groups is 2. The first-order valence-electron chi connectivity index (χ1n) is 11.7. The van der Waals surface area contributed by atoms with Crippen molar-refractivity contribution in [1.82, 2.24) is 15.0 Å². The molecule has 0 bridgehead atoms. The summed E-state index contributed by atoms with van der Waals surface area (Å²) in [6.45, 7) is 10.9. The number of aromatic nitrogens is 3. The Balaban J connectivity index is 0.000000646. The Morgan fingerprint density at radius 3 is 2.10 bits per heavy atom. The van der Waals surface area contributed by atoms with Crippen LogP contribution < -0.4 is 0 Å². The zero-order chi connectivity index (χ0) is 29.9. The number of hydrogen-bond donors (Lipinski definition) is 2. The number of benzene rings is 2. The maximum Gasteiger partial charge on any atom is 0.333 e. The van der Waals surface area contributed by atoms with Crippen molar-refractivity contribution in [2.45, 2.75) is 27.8 Å². The van der Waals surface area contributed by atoms with Gasteiger partial charge in [0.05, 0.1) is 31.5 Å². The van der Waals surface area contributed by atoms with Crippen LogP contribution in [0.25, 0.3) is 21.7 Å². The van der Waals surface area contributed by atoms with Crippen molar-refractivity contribution in [3.63, 3.8) is 0 Å². The second-order valence-electron chi connectivity index (χ2n) is 7.83. The van der Waals surface area contributed by atoms with Crippen molar-refractivity contribution in [2.24, 2.45) is 5.11 Å². The zero-order valence-electron chi connectivity index (χ0n) is 22.2. The van der Waals surface area contributed by atoms with Crippen molar-refractivity contribution < 1.29 is 29.3 Å². The van der Waals surface area contributed by atoms with Gasteiger partial charge in [0.25, 0.3) is 0 Å². The highest BCUT2D eigenvalue weighted by atomic mass is 16.5. The van der Waals surface area contributed by atoms with Crippen molar-refractivity contribution in [3.05, 3.63) is 95.0 Å². The van der Waals surface area contributed by atoms with E-state index >= 15 is 0 Å². The summed E-state index contributed by atoms with van der Waals surface area (Å²) in [5, 5.41) is 29.8. The summed E-state index contributed by atoms with van der Waals surface area (Å²) < 4.78 is 11.1. The molecule has 0 radical (unpaired) electrons. The molecule has 41 heavy (non-hydrogen) atoms. The third kappa shape index (κ3) is 13.7. The third-order valence-electron chi connectivity index (χ3n) is 4.52. The van der Waals surface area contributed by atoms with Gasteiger partial charge in [-0.1, -0.05) is 61.1 Å². The van der Waals surface area contributed by atoms with Crippen LogP contribution in [0.3, 0.4) is 0 Å². The van der Waals surface area contributed by atoms with Gasteiger partial charge in [-0.3, -0.25) is 0 Å². The number of terminal acetylenes is 1. The number of carbonyl (C=O) groups is 2. The molecule has 0 saturated carbocycles. The number of esters is 2. The van der Waals surface area contributed by atoms with Crippen molar-refractivity contribution in [2.75, 3.05) is 19.8 Å². The fourth-order valence-electron chi connectivity index (χ4n) is 2.52. The lowest BCUT2D eigenvalue weighted by molar-refractivity contribution is -0.139. The molecule has 1 heterocycles. The van der Waals surface area contributed by atoms with E-state index in [1.807, 2.05) is 6.07 Å².